The summed E-state index contributed by atoms with van der Waals surface area (Å²) in [5, 5.41) is 3.32. The monoisotopic (exact) mass is 348 g/mol. The van der Waals surface area contributed by atoms with E-state index < -0.39 is 6.29 Å². The number of nitrogens with one attached hydrogen (secondary N) is 1. The standard InChI is InChI=1S/C16H22F2N2O2.ClH/c1-2-3-6-13(20-10-8-19-9-11-20)12-5-4-7-14-15(12)22-16(17,18)21-14;/h4-5,7,13,19H,2-3,6,8-11H2,1H3;1H/t13-;/m1./s1. The van der Waals surface area contributed by atoms with Gasteiger partial charge < -0.3 is 14.8 Å². The van der Waals surface area contributed by atoms with Crippen molar-refractivity contribution in [1.82, 2.24) is 10.2 Å². The summed E-state index contributed by atoms with van der Waals surface area (Å²) in [5.41, 5.74) is 0.810. The number of unbranched alkanes of at least 4 members (excludes halogenated alkanes) is 1. The molecule has 0 bridgehead atoms. The molecule has 130 valence electrons. The second kappa shape index (κ2) is 7.64. The maximum atomic E-state index is 13.4. The molecule has 1 aromatic rings. The minimum atomic E-state index is -3.56. The molecular weight excluding hydrogens is 326 g/mol. The predicted molar refractivity (Wildman–Crippen MR) is 86.6 cm³/mol. The fourth-order valence-corrected chi connectivity index (χ4v) is 3.18. The van der Waals surface area contributed by atoms with Gasteiger partial charge in [0, 0.05) is 37.8 Å². The summed E-state index contributed by atoms with van der Waals surface area (Å²) >= 11 is 0. The summed E-state index contributed by atoms with van der Waals surface area (Å²) in [6.45, 7) is 5.80. The smallest absolute Gasteiger partial charge is 0.395 e. The summed E-state index contributed by atoms with van der Waals surface area (Å²) in [6.07, 6.45) is -0.500. The molecule has 4 nitrogen and oxygen atoms in total. The van der Waals surface area contributed by atoms with Crippen LogP contribution >= 0.6 is 12.4 Å². The number of nitrogens with zero attached hydrogens (tertiary/aromatic N) is 1. The molecule has 23 heavy (non-hydrogen) atoms. The molecule has 1 N–H and O–H groups in total. The Kier molecular flexibility index (Phi) is 6.06. The van der Waals surface area contributed by atoms with E-state index in [1.165, 1.54) is 6.07 Å². The molecular formula is C16H23ClF2N2O2. The number of benzene rings is 1. The molecule has 0 saturated carbocycles. The number of halogens is 3. The first kappa shape index (κ1) is 18.2. The van der Waals surface area contributed by atoms with Gasteiger partial charge in [-0.15, -0.1) is 21.2 Å². The molecule has 2 heterocycles. The number of para-hydroxylation sites is 1. The quantitative estimate of drug-likeness (QED) is 0.882. The van der Waals surface area contributed by atoms with Gasteiger partial charge in [-0.25, -0.2) is 0 Å². The van der Waals surface area contributed by atoms with E-state index in [-0.39, 0.29) is 29.9 Å². The fraction of sp³-hybridized carbons (Fsp3) is 0.625. The Balaban J connectivity index is 0.00000192. The maximum Gasteiger partial charge on any atom is 0.586 e. The average Bonchev–Trinajstić information content (AvgIpc) is 2.83. The number of piperazine rings is 1. The van der Waals surface area contributed by atoms with Crippen LogP contribution in [0.5, 0.6) is 11.5 Å². The van der Waals surface area contributed by atoms with Crippen molar-refractivity contribution in [3.05, 3.63) is 23.8 Å². The lowest BCUT2D eigenvalue weighted by atomic mass is 9.97. The summed E-state index contributed by atoms with van der Waals surface area (Å²) in [5.74, 6) is 0.339. The minimum Gasteiger partial charge on any atom is -0.395 e. The minimum absolute atomic E-state index is 0. The first-order valence-corrected chi connectivity index (χ1v) is 7.94. The van der Waals surface area contributed by atoms with E-state index in [9.17, 15) is 8.78 Å². The molecule has 3 rings (SSSR count). The molecule has 0 radical (unpaired) electrons. The SMILES string of the molecule is CCCC[C@H](c1cccc2c1OC(F)(F)O2)N1CCNCC1.Cl. The predicted octanol–water partition coefficient (Wildman–Crippen LogP) is 3.57. The molecule has 1 saturated heterocycles. The van der Waals surface area contributed by atoms with Crippen LogP contribution in [0.25, 0.3) is 0 Å². The Morgan fingerprint density at radius 3 is 2.70 bits per heavy atom. The Labute approximate surface area is 141 Å². The molecule has 1 atom stereocenters. The second-order valence-electron chi connectivity index (χ2n) is 5.79. The van der Waals surface area contributed by atoms with Crippen LogP contribution in [0, 0.1) is 0 Å². The lowest BCUT2D eigenvalue weighted by molar-refractivity contribution is -0.287. The molecule has 0 amide bonds. The number of fused-ring (bicyclic) bond motifs is 1. The third-order valence-corrected chi connectivity index (χ3v) is 4.24. The van der Waals surface area contributed by atoms with E-state index in [1.807, 2.05) is 6.07 Å². The third-order valence-electron chi connectivity index (χ3n) is 4.24. The lowest BCUT2D eigenvalue weighted by Crippen LogP contribution is -2.45. The van der Waals surface area contributed by atoms with Crippen LogP contribution in [0.2, 0.25) is 0 Å². The van der Waals surface area contributed by atoms with E-state index in [2.05, 4.69) is 21.9 Å². The van der Waals surface area contributed by atoms with Crippen molar-refractivity contribution in [1.29, 1.82) is 0 Å². The van der Waals surface area contributed by atoms with Crippen LogP contribution in [0.4, 0.5) is 8.78 Å². The number of ether oxygens (including phenoxy) is 2. The molecule has 1 fully saturated rings. The van der Waals surface area contributed by atoms with Gasteiger partial charge in [0.1, 0.15) is 0 Å². The Bertz CT molecular complexity index is 525. The zero-order chi connectivity index (χ0) is 15.6. The topological polar surface area (TPSA) is 33.7 Å². The van der Waals surface area contributed by atoms with E-state index in [0.717, 1.165) is 51.0 Å². The van der Waals surface area contributed by atoms with Crippen molar-refractivity contribution in [3.63, 3.8) is 0 Å². The average molecular weight is 349 g/mol. The normalized spacial score (nSPS) is 20.8. The van der Waals surface area contributed by atoms with Gasteiger partial charge >= 0.3 is 6.29 Å². The van der Waals surface area contributed by atoms with Gasteiger partial charge in [-0.3, -0.25) is 4.90 Å². The number of rotatable bonds is 5. The van der Waals surface area contributed by atoms with Gasteiger partial charge in [-0.1, -0.05) is 31.9 Å². The molecule has 0 aliphatic carbocycles. The highest BCUT2D eigenvalue weighted by Gasteiger charge is 2.45. The molecule has 0 unspecified atom stereocenters. The maximum absolute atomic E-state index is 13.4. The van der Waals surface area contributed by atoms with Gasteiger partial charge in [0.2, 0.25) is 0 Å². The summed E-state index contributed by atoms with van der Waals surface area (Å²) < 4.78 is 36.2. The summed E-state index contributed by atoms with van der Waals surface area (Å²) in [7, 11) is 0. The van der Waals surface area contributed by atoms with Crippen molar-refractivity contribution in [2.45, 2.75) is 38.5 Å². The summed E-state index contributed by atoms with van der Waals surface area (Å²) in [6, 6.07) is 5.27. The van der Waals surface area contributed by atoms with Crippen LogP contribution in [0.1, 0.15) is 37.8 Å². The molecule has 0 aromatic heterocycles. The van der Waals surface area contributed by atoms with Gasteiger partial charge in [-0.05, 0) is 12.5 Å². The second-order valence-corrected chi connectivity index (χ2v) is 5.79. The van der Waals surface area contributed by atoms with Crippen molar-refractivity contribution in [2.24, 2.45) is 0 Å². The lowest BCUT2D eigenvalue weighted by Gasteiger charge is -2.35. The van der Waals surface area contributed by atoms with E-state index in [0.29, 0.717) is 0 Å². The first-order chi connectivity index (χ1) is 10.6. The van der Waals surface area contributed by atoms with Crippen LogP contribution in [-0.2, 0) is 0 Å². The van der Waals surface area contributed by atoms with Crippen molar-refractivity contribution >= 4 is 12.4 Å². The van der Waals surface area contributed by atoms with Crippen LogP contribution in [0.15, 0.2) is 18.2 Å². The number of hydrogen-bond acceptors (Lipinski definition) is 4. The van der Waals surface area contributed by atoms with Crippen LogP contribution in [-0.4, -0.2) is 37.4 Å². The molecule has 2 aliphatic heterocycles. The Hall–Kier alpha value is -1.11. The van der Waals surface area contributed by atoms with E-state index >= 15 is 0 Å². The summed E-state index contributed by atoms with van der Waals surface area (Å²) in [4.78, 5) is 2.35. The molecule has 2 aliphatic rings. The van der Waals surface area contributed by atoms with E-state index in [4.69, 9.17) is 4.74 Å². The zero-order valence-electron chi connectivity index (χ0n) is 13.2. The third kappa shape index (κ3) is 4.05. The van der Waals surface area contributed by atoms with Gasteiger partial charge in [-0.2, -0.15) is 0 Å². The van der Waals surface area contributed by atoms with E-state index in [1.54, 1.807) is 6.07 Å². The molecule has 0 spiro atoms. The van der Waals surface area contributed by atoms with Gasteiger partial charge in [0.15, 0.2) is 11.5 Å². The van der Waals surface area contributed by atoms with Gasteiger partial charge in [0.25, 0.3) is 0 Å². The van der Waals surface area contributed by atoms with Crippen LogP contribution < -0.4 is 14.8 Å². The zero-order valence-corrected chi connectivity index (χ0v) is 14.0. The van der Waals surface area contributed by atoms with Crippen LogP contribution in [0.3, 0.4) is 0 Å². The Morgan fingerprint density at radius 2 is 2.00 bits per heavy atom. The Morgan fingerprint density at radius 1 is 1.26 bits per heavy atom. The van der Waals surface area contributed by atoms with Gasteiger partial charge in [0.05, 0.1) is 0 Å². The highest BCUT2D eigenvalue weighted by molar-refractivity contribution is 5.85. The highest BCUT2D eigenvalue weighted by Crippen LogP contribution is 2.47. The molecule has 1 aromatic carbocycles. The fourth-order valence-electron chi connectivity index (χ4n) is 3.18. The van der Waals surface area contributed by atoms with Crippen molar-refractivity contribution in [3.8, 4) is 11.5 Å². The largest absolute Gasteiger partial charge is 0.586 e. The highest BCUT2D eigenvalue weighted by atomic mass is 35.5. The van der Waals surface area contributed by atoms with Crippen molar-refractivity contribution < 1.29 is 18.3 Å². The number of hydrogen-bond donors (Lipinski definition) is 1. The van der Waals surface area contributed by atoms with Crippen molar-refractivity contribution in [2.75, 3.05) is 26.2 Å². The number of alkyl halides is 2. The molecule has 7 heteroatoms. The first-order valence-electron chi connectivity index (χ1n) is 7.94.